The van der Waals surface area contributed by atoms with Crippen LogP contribution >= 0.6 is 0 Å². The molecule has 1 aliphatic carbocycles. The van der Waals surface area contributed by atoms with Crippen LogP contribution in [0.1, 0.15) is 57.4 Å². The minimum atomic E-state index is -0.858. The van der Waals surface area contributed by atoms with Crippen LogP contribution in [0.4, 0.5) is 0 Å². The Kier molecular flexibility index (Phi) is 4.36. The van der Waals surface area contributed by atoms with Crippen LogP contribution in [0.25, 0.3) is 16.6 Å². The minimum absolute atomic E-state index is 0.515. The van der Waals surface area contributed by atoms with E-state index < -0.39 is 7.12 Å². The number of allylic oxidation sites excluding steroid dienone is 1. The summed E-state index contributed by atoms with van der Waals surface area (Å²) in [5.41, 5.74) is 3.27. The van der Waals surface area contributed by atoms with Crippen LogP contribution in [0.5, 0.6) is 5.75 Å². The van der Waals surface area contributed by atoms with E-state index in [0.717, 1.165) is 22.5 Å². The first kappa shape index (κ1) is 15.8. The predicted molar refractivity (Wildman–Crippen MR) is 97.6 cm³/mol. The molecule has 0 aromatic carbocycles. The molecule has 1 fully saturated rings. The highest BCUT2D eigenvalue weighted by atomic mass is 16.5. The zero-order valence-electron chi connectivity index (χ0n) is 14.3. The molecule has 0 radical (unpaired) electrons. The molecule has 0 amide bonds. The van der Waals surface area contributed by atoms with Gasteiger partial charge in [-0.15, -0.1) is 0 Å². The third-order valence-corrected chi connectivity index (χ3v) is 5.66. The number of hydrogen-bond donors (Lipinski definition) is 2. The lowest BCUT2D eigenvalue weighted by molar-refractivity contribution is 0.295. The molecule has 2 aromatic heterocycles. The van der Waals surface area contributed by atoms with Crippen LogP contribution in [0.15, 0.2) is 24.4 Å². The number of nitrogens with one attached hydrogen (secondary N) is 1. The second kappa shape index (κ2) is 6.63. The first-order valence-electron chi connectivity index (χ1n) is 9.29. The van der Waals surface area contributed by atoms with E-state index in [-0.39, 0.29) is 0 Å². The Morgan fingerprint density at radius 2 is 2.17 bits per heavy atom. The van der Waals surface area contributed by atoms with Gasteiger partial charge in [0.2, 0.25) is 0 Å². The standard InChI is InChI=1S/C19H25BN2O2/c1-2-3-4-13-5-7-14(8-6-13)16-11-20(23)24-17-12-22-19-15(18(16)17)9-10-21-19/h9-14,23H,2-8H2,1H3,(H,21,22). The van der Waals surface area contributed by atoms with Gasteiger partial charge in [-0.1, -0.05) is 26.2 Å². The minimum Gasteiger partial charge on any atom is -0.531 e. The Balaban J connectivity index is 1.61. The largest absolute Gasteiger partial charge is 0.552 e. The maximum atomic E-state index is 10.1. The van der Waals surface area contributed by atoms with Gasteiger partial charge in [0.25, 0.3) is 0 Å². The Labute approximate surface area is 143 Å². The van der Waals surface area contributed by atoms with Crippen molar-refractivity contribution in [3.63, 3.8) is 0 Å². The third kappa shape index (κ3) is 2.86. The zero-order valence-corrected chi connectivity index (χ0v) is 14.3. The maximum Gasteiger partial charge on any atom is 0.552 e. The smallest absolute Gasteiger partial charge is 0.531 e. The van der Waals surface area contributed by atoms with E-state index in [1.807, 2.05) is 12.2 Å². The molecule has 0 bridgehead atoms. The van der Waals surface area contributed by atoms with Crippen molar-refractivity contribution in [3.8, 4) is 5.75 Å². The Hall–Kier alpha value is -1.75. The molecule has 1 saturated carbocycles. The Morgan fingerprint density at radius 3 is 2.96 bits per heavy atom. The van der Waals surface area contributed by atoms with Gasteiger partial charge in [0, 0.05) is 17.1 Å². The molecular weight excluding hydrogens is 299 g/mol. The fourth-order valence-electron chi connectivity index (χ4n) is 4.37. The topological polar surface area (TPSA) is 58.1 Å². The third-order valence-electron chi connectivity index (χ3n) is 5.66. The van der Waals surface area contributed by atoms with Gasteiger partial charge in [-0.25, -0.2) is 4.98 Å². The van der Waals surface area contributed by atoms with Crippen LogP contribution in [0.2, 0.25) is 0 Å². The summed E-state index contributed by atoms with van der Waals surface area (Å²) in [6, 6.07) is 2.06. The second-order valence-corrected chi connectivity index (χ2v) is 7.23. The van der Waals surface area contributed by atoms with Crippen LogP contribution in [0.3, 0.4) is 0 Å². The molecule has 0 spiro atoms. The molecule has 0 atom stereocenters. The first-order valence-corrected chi connectivity index (χ1v) is 9.29. The lowest BCUT2D eigenvalue weighted by atomic mass is 9.70. The average molecular weight is 324 g/mol. The van der Waals surface area contributed by atoms with E-state index in [1.165, 1.54) is 50.5 Å². The van der Waals surface area contributed by atoms with E-state index in [9.17, 15) is 5.02 Å². The molecule has 3 heterocycles. The van der Waals surface area contributed by atoms with Gasteiger partial charge in [0.1, 0.15) is 11.4 Å². The molecule has 2 aromatic rings. The Morgan fingerprint density at radius 1 is 1.33 bits per heavy atom. The van der Waals surface area contributed by atoms with Gasteiger partial charge in [-0.3, -0.25) is 0 Å². The van der Waals surface area contributed by atoms with Crippen molar-refractivity contribution in [2.45, 2.75) is 51.9 Å². The van der Waals surface area contributed by atoms with Gasteiger partial charge in [0.05, 0.1) is 6.20 Å². The summed E-state index contributed by atoms with van der Waals surface area (Å²) in [7, 11) is -0.858. The fourth-order valence-corrected chi connectivity index (χ4v) is 4.37. The van der Waals surface area contributed by atoms with E-state index in [1.54, 1.807) is 6.20 Å². The zero-order chi connectivity index (χ0) is 16.5. The fraction of sp³-hybridized carbons (Fsp3) is 0.526. The van der Waals surface area contributed by atoms with Crippen LogP contribution < -0.4 is 4.65 Å². The number of aromatic amines is 1. The van der Waals surface area contributed by atoms with Gasteiger partial charge < -0.3 is 14.7 Å². The predicted octanol–water partition coefficient (Wildman–Crippen LogP) is 4.36. The molecule has 2 N–H and O–H groups in total. The van der Waals surface area contributed by atoms with E-state index in [2.05, 4.69) is 23.0 Å². The SMILES string of the molecule is CCCCC1CCC(C2=CB(O)Oc3cnc4[nH]ccc4c32)CC1. The maximum absolute atomic E-state index is 10.1. The molecule has 1 aliphatic heterocycles. The number of H-pyrrole nitrogens is 1. The molecular formula is C19H25BN2O2. The summed E-state index contributed by atoms with van der Waals surface area (Å²) in [5, 5.41) is 11.2. The normalized spacial score (nSPS) is 23.8. The summed E-state index contributed by atoms with van der Waals surface area (Å²) in [6.45, 7) is 2.27. The molecule has 2 aliphatic rings. The van der Waals surface area contributed by atoms with Gasteiger partial charge >= 0.3 is 7.12 Å². The monoisotopic (exact) mass is 324 g/mol. The molecule has 4 rings (SSSR count). The van der Waals surface area contributed by atoms with Crippen molar-refractivity contribution < 1.29 is 9.68 Å². The lowest BCUT2D eigenvalue weighted by Crippen LogP contribution is -2.27. The highest BCUT2D eigenvalue weighted by Gasteiger charge is 2.32. The Bertz CT molecular complexity index is 747. The summed E-state index contributed by atoms with van der Waals surface area (Å²) in [6.07, 6.45) is 12.7. The molecule has 24 heavy (non-hydrogen) atoms. The van der Waals surface area contributed by atoms with Crippen molar-refractivity contribution in [2.24, 2.45) is 11.8 Å². The first-order chi connectivity index (χ1) is 11.8. The number of hydrogen-bond acceptors (Lipinski definition) is 3. The molecule has 0 saturated heterocycles. The lowest BCUT2D eigenvalue weighted by Gasteiger charge is -2.33. The van der Waals surface area contributed by atoms with Crippen molar-refractivity contribution in [3.05, 3.63) is 30.0 Å². The van der Waals surface area contributed by atoms with Crippen molar-refractivity contribution in [2.75, 3.05) is 0 Å². The van der Waals surface area contributed by atoms with E-state index in [0.29, 0.717) is 11.7 Å². The number of fused-ring (bicyclic) bond motifs is 3. The number of pyridine rings is 1. The molecule has 126 valence electrons. The second-order valence-electron chi connectivity index (χ2n) is 7.23. The summed E-state index contributed by atoms with van der Waals surface area (Å²) in [4.78, 5) is 7.57. The number of nitrogens with zero attached hydrogens (tertiary/aromatic N) is 1. The van der Waals surface area contributed by atoms with Crippen LogP contribution in [0, 0.1) is 11.8 Å². The summed E-state index contributed by atoms with van der Waals surface area (Å²) >= 11 is 0. The quantitative estimate of drug-likeness (QED) is 0.822. The number of aromatic nitrogens is 2. The summed E-state index contributed by atoms with van der Waals surface area (Å²) in [5.74, 6) is 4.02. The van der Waals surface area contributed by atoms with Crippen LogP contribution in [-0.2, 0) is 0 Å². The molecule has 0 unspecified atom stereocenters. The molecule has 4 nitrogen and oxygen atoms in total. The number of unbranched alkanes of at least 4 members (excludes halogenated alkanes) is 1. The van der Waals surface area contributed by atoms with Gasteiger partial charge in [-0.05, 0) is 55.1 Å². The van der Waals surface area contributed by atoms with E-state index in [4.69, 9.17) is 4.65 Å². The highest BCUT2D eigenvalue weighted by molar-refractivity contribution is 6.52. The number of rotatable bonds is 4. The average Bonchev–Trinajstić information content (AvgIpc) is 3.08. The van der Waals surface area contributed by atoms with E-state index >= 15 is 0 Å². The summed E-state index contributed by atoms with van der Waals surface area (Å²) < 4.78 is 5.61. The van der Waals surface area contributed by atoms with Crippen molar-refractivity contribution >= 4 is 23.7 Å². The van der Waals surface area contributed by atoms with Gasteiger partial charge in [0.15, 0.2) is 0 Å². The van der Waals surface area contributed by atoms with Crippen molar-refractivity contribution in [1.29, 1.82) is 0 Å². The van der Waals surface area contributed by atoms with Crippen molar-refractivity contribution in [1.82, 2.24) is 9.97 Å². The molecule has 5 heteroatoms. The van der Waals surface area contributed by atoms with Gasteiger partial charge in [-0.2, -0.15) is 0 Å². The highest BCUT2D eigenvalue weighted by Crippen LogP contribution is 2.45. The van der Waals surface area contributed by atoms with Crippen LogP contribution in [-0.4, -0.2) is 22.1 Å².